The quantitative estimate of drug-likeness (QED) is 0.486. The van der Waals surface area contributed by atoms with Crippen LogP contribution in [-0.4, -0.2) is 40.1 Å². The van der Waals surface area contributed by atoms with E-state index in [1.54, 1.807) is 22.8 Å². The molecule has 2 aromatic carbocycles. The zero-order valence-electron chi connectivity index (χ0n) is 15.6. The van der Waals surface area contributed by atoms with Crippen LogP contribution in [0.15, 0.2) is 42.5 Å². The van der Waals surface area contributed by atoms with E-state index in [2.05, 4.69) is 15.0 Å². The van der Waals surface area contributed by atoms with Crippen molar-refractivity contribution in [3.8, 4) is 17.2 Å². The Morgan fingerprint density at radius 2 is 1.80 bits per heavy atom. The lowest BCUT2D eigenvalue weighted by molar-refractivity contribution is -0.274. The fourth-order valence-corrected chi connectivity index (χ4v) is 2.84. The Bertz CT molecular complexity index is 1020. The molecule has 1 heterocycles. The summed E-state index contributed by atoms with van der Waals surface area (Å²) in [5, 5.41) is 12.3. The molecule has 1 aromatic heterocycles. The van der Waals surface area contributed by atoms with E-state index < -0.39 is 12.3 Å². The third kappa shape index (κ3) is 5.61. The number of nitrogens with zero attached hydrogens (tertiary/aromatic N) is 2. The molecule has 0 unspecified atom stereocenters. The summed E-state index contributed by atoms with van der Waals surface area (Å²) in [6.45, 7) is 0.413. The fourth-order valence-electron chi connectivity index (χ4n) is 2.84. The summed E-state index contributed by atoms with van der Waals surface area (Å²) in [6.07, 6.45) is -4.76. The Balaban J connectivity index is 1.80. The number of fused-ring (bicyclic) bond motifs is 1. The average Bonchev–Trinajstić information content (AvgIpc) is 2.99. The van der Waals surface area contributed by atoms with E-state index in [0.717, 1.165) is 12.1 Å². The highest BCUT2D eigenvalue weighted by Crippen LogP contribution is 2.29. The molecule has 8 nitrogen and oxygen atoms in total. The topological polar surface area (TPSA) is 112 Å². The summed E-state index contributed by atoms with van der Waals surface area (Å²) in [5.74, 6) is 0.510. The lowest BCUT2D eigenvalue weighted by Crippen LogP contribution is -2.29. The number of ether oxygens (including phenoxy) is 2. The normalized spacial score (nSPS) is 11.6. The molecule has 160 valence electrons. The number of halogens is 3. The van der Waals surface area contributed by atoms with E-state index in [-0.39, 0.29) is 32.0 Å². The number of aliphatic hydroxyl groups is 1. The van der Waals surface area contributed by atoms with Gasteiger partial charge in [-0.2, -0.15) is 0 Å². The number of amides is 1. The fraction of sp³-hybridized carbons (Fsp3) is 0.263. The number of rotatable bonds is 9. The van der Waals surface area contributed by atoms with Gasteiger partial charge in [-0.1, -0.05) is 0 Å². The summed E-state index contributed by atoms with van der Waals surface area (Å²) in [5.41, 5.74) is 6.45. The van der Waals surface area contributed by atoms with Crippen molar-refractivity contribution in [2.24, 2.45) is 5.73 Å². The van der Waals surface area contributed by atoms with Crippen LogP contribution in [0.1, 0.15) is 5.82 Å². The molecule has 3 aromatic rings. The molecule has 0 radical (unpaired) electrons. The van der Waals surface area contributed by atoms with Gasteiger partial charge in [0.15, 0.2) is 0 Å². The maximum atomic E-state index is 12.2. The minimum Gasteiger partial charge on any atom is -0.457 e. The van der Waals surface area contributed by atoms with Gasteiger partial charge in [0.1, 0.15) is 23.1 Å². The van der Waals surface area contributed by atoms with Crippen molar-refractivity contribution in [1.29, 1.82) is 0 Å². The van der Waals surface area contributed by atoms with Crippen LogP contribution in [0, 0.1) is 0 Å². The summed E-state index contributed by atoms with van der Waals surface area (Å²) >= 11 is 0. The van der Waals surface area contributed by atoms with Crippen LogP contribution in [-0.2, 0) is 17.9 Å². The molecule has 0 fully saturated rings. The van der Waals surface area contributed by atoms with Crippen LogP contribution >= 0.6 is 0 Å². The Morgan fingerprint density at radius 1 is 1.13 bits per heavy atom. The first-order valence-corrected chi connectivity index (χ1v) is 8.88. The van der Waals surface area contributed by atoms with Crippen LogP contribution in [0.2, 0.25) is 0 Å². The third-order valence-corrected chi connectivity index (χ3v) is 4.00. The van der Waals surface area contributed by atoms with Crippen molar-refractivity contribution in [3.63, 3.8) is 0 Å². The highest BCUT2D eigenvalue weighted by atomic mass is 19.4. The number of carbonyl (C=O) groups is 1. The molecule has 0 aliphatic rings. The van der Waals surface area contributed by atoms with Gasteiger partial charge in [-0.05, 0) is 36.4 Å². The maximum Gasteiger partial charge on any atom is 0.573 e. The lowest BCUT2D eigenvalue weighted by Gasteiger charge is -2.11. The summed E-state index contributed by atoms with van der Waals surface area (Å²) in [4.78, 5) is 15.4. The van der Waals surface area contributed by atoms with Crippen molar-refractivity contribution in [2.75, 3.05) is 13.2 Å². The molecule has 30 heavy (non-hydrogen) atoms. The number of imidazole rings is 1. The first-order valence-electron chi connectivity index (χ1n) is 8.88. The van der Waals surface area contributed by atoms with Crippen LogP contribution < -0.4 is 20.5 Å². The molecule has 0 aliphatic carbocycles. The molecule has 0 saturated heterocycles. The van der Waals surface area contributed by atoms with Gasteiger partial charge in [0.25, 0.3) is 0 Å². The average molecular weight is 424 g/mol. The standard InChI is InChI=1S/C19H19F3N4O4/c20-19(21,22)30-13-3-1-12(2-4-13)29-14-5-6-15-16(9-14)26(7-8-27)18(25-15)11-24-10-17(23)28/h1-6,9,24,27H,7-8,10-11H2,(H2,23,28). The predicted molar refractivity (Wildman–Crippen MR) is 101 cm³/mol. The molecule has 3 rings (SSSR count). The molecule has 1 amide bonds. The number of aromatic nitrogens is 2. The number of benzene rings is 2. The second-order valence-corrected chi connectivity index (χ2v) is 6.24. The number of hydrogen-bond acceptors (Lipinski definition) is 6. The minimum absolute atomic E-state index is 0.00919. The van der Waals surface area contributed by atoms with E-state index >= 15 is 0 Å². The largest absolute Gasteiger partial charge is 0.573 e. The van der Waals surface area contributed by atoms with Crippen LogP contribution in [0.4, 0.5) is 13.2 Å². The van der Waals surface area contributed by atoms with Crippen molar-refractivity contribution in [1.82, 2.24) is 14.9 Å². The first kappa shape index (κ1) is 21.4. The van der Waals surface area contributed by atoms with E-state index in [1.165, 1.54) is 12.1 Å². The molecule has 0 bridgehead atoms. The van der Waals surface area contributed by atoms with Crippen molar-refractivity contribution in [2.45, 2.75) is 19.5 Å². The molecule has 0 saturated carbocycles. The van der Waals surface area contributed by atoms with Gasteiger partial charge in [0.2, 0.25) is 5.91 Å². The third-order valence-electron chi connectivity index (χ3n) is 4.00. The number of nitrogens with one attached hydrogen (secondary N) is 1. The number of nitrogens with two attached hydrogens (primary N) is 1. The second-order valence-electron chi connectivity index (χ2n) is 6.24. The number of hydrogen-bond donors (Lipinski definition) is 3. The van der Waals surface area contributed by atoms with Crippen LogP contribution in [0.3, 0.4) is 0 Å². The SMILES string of the molecule is NC(=O)CNCc1nc2ccc(Oc3ccc(OC(F)(F)F)cc3)cc2n1CCO. The molecule has 0 spiro atoms. The van der Waals surface area contributed by atoms with Gasteiger partial charge >= 0.3 is 6.36 Å². The van der Waals surface area contributed by atoms with E-state index in [0.29, 0.717) is 28.4 Å². The van der Waals surface area contributed by atoms with Crippen molar-refractivity contribution < 1.29 is 32.5 Å². The maximum absolute atomic E-state index is 12.2. The van der Waals surface area contributed by atoms with Crippen LogP contribution in [0.5, 0.6) is 17.2 Å². The molecule has 0 aliphatic heterocycles. The first-order chi connectivity index (χ1) is 14.2. The Kier molecular flexibility index (Phi) is 6.43. The summed E-state index contributed by atoms with van der Waals surface area (Å²) in [7, 11) is 0. The molecule has 4 N–H and O–H groups in total. The number of alkyl halides is 3. The number of primary amides is 1. The Hall–Kier alpha value is -3.31. The monoisotopic (exact) mass is 424 g/mol. The van der Waals surface area contributed by atoms with Gasteiger partial charge in [0, 0.05) is 12.6 Å². The summed E-state index contributed by atoms with van der Waals surface area (Å²) in [6, 6.07) is 10.1. The molecular formula is C19H19F3N4O4. The van der Waals surface area contributed by atoms with E-state index in [9.17, 15) is 23.1 Å². The Labute approximate surface area is 169 Å². The van der Waals surface area contributed by atoms with Crippen molar-refractivity contribution >= 4 is 16.9 Å². The molecule has 11 heteroatoms. The lowest BCUT2D eigenvalue weighted by atomic mass is 10.3. The zero-order chi connectivity index (χ0) is 21.7. The molecular weight excluding hydrogens is 405 g/mol. The van der Waals surface area contributed by atoms with Crippen LogP contribution in [0.25, 0.3) is 11.0 Å². The van der Waals surface area contributed by atoms with Gasteiger partial charge < -0.3 is 30.2 Å². The summed E-state index contributed by atoms with van der Waals surface area (Å²) < 4.78 is 48.1. The number of carbonyl (C=O) groups excluding carboxylic acids is 1. The van der Waals surface area contributed by atoms with Gasteiger partial charge in [-0.15, -0.1) is 13.2 Å². The molecule has 0 atom stereocenters. The number of aliphatic hydroxyl groups excluding tert-OH is 1. The Morgan fingerprint density at radius 3 is 2.43 bits per heavy atom. The smallest absolute Gasteiger partial charge is 0.457 e. The highest BCUT2D eigenvalue weighted by molar-refractivity contribution is 5.78. The highest BCUT2D eigenvalue weighted by Gasteiger charge is 2.31. The van der Waals surface area contributed by atoms with Gasteiger partial charge in [-0.25, -0.2) is 4.98 Å². The second kappa shape index (κ2) is 9.01. The van der Waals surface area contributed by atoms with Gasteiger partial charge in [0.05, 0.1) is 30.7 Å². The van der Waals surface area contributed by atoms with E-state index in [1.807, 2.05) is 0 Å². The minimum atomic E-state index is -4.76. The van der Waals surface area contributed by atoms with E-state index in [4.69, 9.17) is 10.5 Å². The zero-order valence-corrected chi connectivity index (χ0v) is 15.6. The van der Waals surface area contributed by atoms with Crippen molar-refractivity contribution in [3.05, 3.63) is 48.3 Å². The predicted octanol–water partition coefficient (Wildman–Crippen LogP) is 2.29. The van der Waals surface area contributed by atoms with Gasteiger partial charge in [-0.3, -0.25) is 4.79 Å².